The second-order valence-electron chi connectivity index (χ2n) is 6.04. The summed E-state index contributed by atoms with van der Waals surface area (Å²) < 4.78 is 0. The summed E-state index contributed by atoms with van der Waals surface area (Å²) in [6, 6.07) is 6.80. The minimum absolute atomic E-state index is 0.588. The third kappa shape index (κ3) is 9.62. The lowest BCUT2D eigenvalue weighted by Crippen LogP contribution is -2.31. The van der Waals surface area contributed by atoms with Crippen molar-refractivity contribution in [3.63, 3.8) is 0 Å². The van der Waals surface area contributed by atoms with Crippen LogP contribution in [0.2, 0.25) is 0 Å². The van der Waals surface area contributed by atoms with Crippen molar-refractivity contribution in [3.8, 4) is 0 Å². The first kappa shape index (κ1) is 18.2. The summed E-state index contributed by atoms with van der Waals surface area (Å²) >= 11 is 0. The van der Waals surface area contributed by atoms with Crippen LogP contribution in [0.15, 0.2) is 24.4 Å². The molecule has 120 valence electrons. The van der Waals surface area contributed by atoms with E-state index in [1.807, 2.05) is 12.3 Å². The molecule has 0 fully saturated rings. The number of hydrogen-bond donors (Lipinski definition) is 1. The van der Waals surface area contributed by atoms with Crippen molar-refractivity contribution in [2.75, 3.05) is 6.54 Å². The number of hydrogen-bond acceptors (Lipinski definition) is 2. The summed E-state index contributed by atoms with van der Waals surface area (Å²) in [5.41, 5.74) is 1.21. The van der Waals surface area contributed by atoms with Gasteiger partial charge in [-0.1, -0.05) is 71.3 Å². The van der Waals surface area contributed by atoms with Crippen molar-refractivity contribution in [1.82, 2.24) is 10.3 Å². The molecule has 0 spiro atoms. The largest absolute Gasteiger partial charge is 0.314 e. The van der Waals surface area contributed by atoms with Gasteiger partial charge in [0.1, 0.15) is 0 Å². The average molecular weight is 290 g/mol. The van der Waals surface area contributed by atoms with E-state index in [0.717, 1.165) is 13.0 Å². The molecule has 1 N–H and O–H groups in total. The number of nitrogens with one attached hydrogen (secondary N) is 1. The smallest absolute Gasteiger partial charge is 0.0419 e. The number of unbranched alkanes of at least 4 members (excludes halogenated alkanes) is 7. The molecule has 0 radical (unpaired) electrons. The van der Waals surface area contributed by atoms with Crippen molar-refractivity contribution in [3.05, 3.63) is 30.1 Å². The maximum Gasteiger partial charge on any atom is 0.0419 e. The average Bonchev–Trinajstić information content (AvgIpc) is 2.51. The van der Waals surface area contributed by atoms with E-state index in [4.69, 9.17) is 0 Å². The first-order valence-electron chi connectivity index (χ1n) is 9.00. The molecule has 2 nitrogen and oxygen atoms in total. The lowest BCUT2D eigenvalue weighted by Gasteiger charge is -2.17. The van der Waals surface area contributed by atoms with Gasteiger partial charge in [-0.05, 0) is 25.1 Å². The van der Waals surface area contributed by atoms with Gasteiger partial charge >= 0.3 is 0 Å². The van der Waals surface area contributed by atoms with Crippen LogP contribution in [0.5, 0.6) is 0 Å². The number of aromatic nitrogens is 1. The minimum Gasteiger partial charge on any atom is -0.314 e. The second-order valence-corrected chi connectivity index (χ2v) is 6.04. The highest BCUT2D eigenvalue weighted by atomic mass is 14.9. The van der Waals surface area contributed by atoms with E-state index >= 15 is 0 Å². The van der Waals surface area contributed by atoms with Crippen LogP contribution in [0.4, 0.5) is 0 Å². The van der Waals surface area contributed by atoms with Crippen molar-refractivity contribution in [2.45, 2.75) is 84.1 Å². The zero-order chi connectivity index (χ0) is 15.2. The molecular formula is C19H34N2. The Hall–Kier alpha value is -0.890. The molecule has 1 atom stereocenters. The van der Waals surface area contributed by atoms with E-state index in [9.17, 15) is 0 Å². The quantitative estimate of drug-likeness (QED) is 0.509. The highest BCUT2D eigenvalue weighted by molar-refractivity contribution is 5.05. The van der Waals surface area contributed by atoms with E-state index in [1.165, 1.54) is 63.5 Å². The van der Waals surface area contributed by atoms with E-state index in [-0.39, 0.29) is 0 Å². The molecule has 0 aliphatic rings. The summed E-state index contributed by atoms with van der Waals surface area (Å²) in [4.78, 5) is 4.45. The highest BCUT2D eigenvalue weighted by Crippen LogP contribution is 2.12. The van der Waals surface area contributed by atoms with Gasteiger partial charge in [0.15, 0.2) is 0 Å². The van der Waals surface area contributed by atoms with Gasteiger partial charge in [-0.3, -0.25) is 4.98 Å². The van der Waals surface area contributed by atoms with E-state index < -0.39 is 0 Å². The van der Waals surface area contributed by atoms with Gasteiger partial charge in [-0.25, -0.2) is 0 Å². The molecule has 1 unspecified atom stereocenters. The minimum atomic E-state index is 0.588. The zero-order valence-electron chi connectivity index (χ0n) is 14.1. The fraction of sp³-hybridized carbons (Fsp3) is 0.737. The first-order valence-corrected chi connectivity index (χ1v) is 9.00. The second kappa shape index (κ2) is 12.8. The zero-order valence-corrected chi connectivity index (χ0v) is 14.1. The van der Waals surface area contributed by atoms with Crippen molar-refractivity contribution in [1.29, 1.82) is 0 Å². The molecule has 0 aliphatic carbocycles. The summed E-state index contributed by atoms with van der Waals surface area (Å²) in [6.45, 7) is 5.52. The molecule has 1 heterocycles. The Morgan fingerprint density at radius 1 is 0.952 bits per heavy atom. The van der Waals surface area contributed by atoms with Crippen LogP contribution in [0.25, 0.3) is 0 Å². The highest BCUT2D eigenvalue weighted by Gasteiger charge is 2.08. The van der Waals surface area contributed by atoms with Crippen LogP contribution in [-0.2, 0) is 6.42 Å². The van der Waals surface area contributed by atoms with Crippen LogP contribution in [0, 0.1) is 0 Å². The van der Waals surface area contributed by atoms with Gasteiger partial charge in [0, 0.05) is 24.4 Å². The fourth-order valence-electron chi connectivity index (χ4n) is 2.86. The maximum atomic E-state index is 4.45. The molecule has 0 amide bonds. The Kier molecular flexibility index (Phi) is 11.1. The Morgan fingerprint density at radius 2 is 1.67 bits per heavy atom. The molecule has 1 aromatic rings. The fourth-order valence-corrected chi connectivity index (χ4v) is 2.86. The molecule has 1 rings (SSSR count). The van der Waals surface area contributed by atoms with Gasteiger partial charge < -0.3 is 5.32 Å². The SMILES string of the molecule is CCCCCCCCCCC(Cc1ccccn1)NCC. The van der Waals surface area contributed by atoms with Crippen LogP contribution >= 0.6 is 0 Å². The van der Waals surface area contributed by atoms with E-state index in [0.29, 0.717) is 6.04 Å². The summed E-state index contributed by atoms with van der Waals surface area (Å²) in [5, 5.41) is 3.61. The third-order valence-corrected chi connectivity index (χ3v) is 4.08. The summed E-state index contributed by atoms with van der Waals surface area (Å²) in [5.74, 6) is 0. The molecule has 21 heavy (non-hydrogen) atoms. The Labute approximate surface area is 131 Å². The predicted octanol–water partition coefficient (Wildman–Crippen LogP) is 5.13. The number of nitrogens with zero attached hydrogens (tertiary/aromatic N) is 1. The van der Waals surface area contributed by atoms with Crippen molar-refractivity contribution in [2.24, 2.45) is 0 Å². The van der Waals surface area contributed by atoms with Gasteiger partial charge in [0.05, 0.1) is 0 Å². The van der Waals surface area contributed by atoms with E-state index in [1.54, 1.807) is 0 Å². The molecule has 0 saturated carbocycles. The third-order valence-electron chi connectivity index (χ3n) is 4.08. The lowest BCUT2D eigenvalue weighted by atomic mass is 10.0. The molecule has 0 saturated heterocycles. The van der Waals surface area contributed by atoms with Gasteiger partial charge in [0.2, 0.25) is 0 Å². The predicted molar refractivity (Wildman–Crippen MR) is 92.6 cm³/mol. The summed E-state index contributed by atoms with van der Waals surface area (Å²) in [7, 11) is 0. The summed E-state index contributed by atoms with van der Waals surface area (Å²) in [6.07, 6.45) is 15.4. The maximum absolute atomic E-state index is 4.45. The van der Waals surface area contributed by atoms with Crippen LogP contribution in [-0.4, -0.2) is 17.6 Å². The monoisotopic (exact) mass is 290 g/mol. The normalized spacial score (nSPS) is 12.5. The van der Waals surface area contributed by atoms with Crippen molar-refractivity contribution < 1.29 is 0 Å². The molecule has 0 aromatic carbocycles. The number of likely N-dealkylation sites (N-methyl/N-ethyl adjacent to an activating group) is 1. The standard InChI is InChI=1S/C19H34N2/c1-3-5-6-7-8-9-10-11-14-18(20-4-2)17-19-15-12-13-16-21-19/h12-13,15-16,18,20H,3-11,14,17H2,1-2H3. The Balaban J connectivity index is 2.11. The number of rotatable bonds is 13. The molecule has 1 aromatic heterocycles. The van der Waals surface area contributed by atoms with Crippen LogP contribution < -0.4 is 5.32 Å². The van der Waals surface area contributed by atoms with Gasteiger partial charge in [-0.2, -0.15) is 0 Å². The van der Waals surface area contributed by atoms with E-state index in [2.05, 4.69) is 36.3 Å². The first-order chi connectivity index (χ1) is 10.4. The molecular weight excluding hydrogens is 256 g/mol. The lowest BCUT2D eigenvalue weighted by molar-refractivity contribution is 0.455. The Morgan fingerprint density at radius 3 is 2.29 bits per heavy atom. The molecule has 0 aliphatic heterocycles. The van der Waals surface area contributed by atoms with Gasteiger partial charge in [0.25, 0.3) is 0 Å². The van der Waals surface area contributed by atoms with Crippen LogP contribution in [0.1, 0.15) is 77.3 Å². The Bertz CT molecular complexity index is 324. The molecule has 0 bridgehead atoms. The topological polar surface area (TPSA) is 24.9 Å². The molecule has 2 heteroatoms. The number of pyridine rings is 1. The van der Waals surface area contributed by atoms with Gasteiger partial charge in [-0.15, -0.1) is 0 Å². The van der Waals surface area contributed by atoms with Crippen molar-refractivity contribution >= 4 is 0 Å². The van der Waals surface area contributed by atoms with Crippen LogP contribution in [0.3, 0.4) is 0 Å².